The number of nitrogens with one attached hydrogen (secondary N) is 2. The zero-order chi connectivity index (χ0) is 19.1. The van der Waals surface area contributed by atoms with Crippen molar-refractivity contribution in [2.75, 3.05) is 24.3 Å². The average Bonchev–Trinajstić information content (AvgIpc) is 2.68. The van der Waals surface area contributed by atoms with Crippen LogP contribution in [0.1, 0.15) is 21.5 Å². The Balaban J connectivity index is 1.58. The Morgan fingerprint density at radius 3 is 2.70 bits per heavy atom. The second-order valence-electron chi connectivity index (χ2n) is 6.31. The van der Waals surface area contributed by atoms with Crippen LogP contribution in [0, 0.1) is 6.92 Å². The third-order valence-corrected chi connectivity index (χ3v) is 4.15. The number of ether oxygens (including phenoxy) is 1. The fourth-order valence-corrected chi connectivity index (χ4v) is 2.77. The van der Waals surface area contributed by atoms with Gasteiger partial charge >= 0.3 is 0 Å². The molecule has 0 saturated heterocycles. The summed E-state index contributed by atoms with van der Waals surface area (Å²) in [6, 6.07) is 17.5. The lowest BCUT2D eigenvalue weighted by molar-refractivity contribution is 0.102. The van der Waals surface area contributed by atoms with Gasteiger partial charge in [0, 0.05) is 24.6 Å². The second kappa shape index (κ2) is 8.85. The summed E-state index contributed by atoms with van der Waals surface area (Å²) in [7, 11) is 1.66. The van der Waals surface area contributed by atoms with E-state index in [1.54, 1.807) is 19.5 Å². The molecule has 2 aromatic carbocycles. The van der Waals surface area contributed by atoms with Crippen LogP contribution >= 0.6 is 0 Å². The van der Waals surface area contributed by atoms with Crippen LogP contribution in [0.15, 0.2) is 67.0 Å². The molecule has 138 valence electrons. The minimum absolute atomic E-state index is 0.176. The van der Waals surface area contributed by atoms with Crippen LogP contribution in [0.4, 0.5) is 11.4 Å². The number of aryl methyl sites for hydroxylation is 1. The lowest BCUT2D eigenvalue weighted by Gasteiger charge is -2.09. The van der Waals surface area contributed by atoms with Gasteiger partial charge in [-0.2, -0.15) is 0 Å². The molecule has 1 amide bonds. The van der Waals surface area contributed by atoms with Crippen LogP contribution in [-0.4, -0.2) is 24.5 Å². The first-order chi connectivity index (χ1) is 13.1. The van der Waals surface area contributed by atoms with E-state index in [9.17, 15) is 4.79 Å². The van der Waals surface area contributed by atoms with Gasteiger partial charge in [0.2, 0.25) is 0 Å². The van der Waals surface area contributed by atoms with E-state index < -0.39 is 0 Å². The fourth-order valence-electron chi connectivity index (χ4n) is 2.77. The van der Waals surface area contributed by atoms with Crippen LogP contribution in [-0.2, 0) is 6.42 Å². The Labute approximate surface area is 159 Å². The molecule has 0 aliphatic carbocycles. The van der Waals surface area contributed by atoms with Crippen molar-refractivity contribution < 1.29 is 9.53 Å². The first kappa shape index (κ1) is 18.5. The molecule has 5 nitrogen and oxygen atoms in total. The highest BCUT2D eigenvalue weighted by Crippen LogP contribution is 2.15. The van der Waals surface area contributed by atoms with Crippen molar-refractivity contribution in [2.45, 2.75) is 13.3 Å². The Hall–Kier alpha value is -3.34. The third kappa shape index (κ3) is 5.31. The monoisotopic (exact) mass is 361 g/mol. The minimum atomic E-state index is -0.176. The average molecular weight is 361 g/mol. The molecule has 0 aliphatic rings. The van der Waals surface area contributed by atoms with Crippen molar-refractivity contribution in [3.8, 4) is 5.75 Å². The molecule has 1 aromatic heterocycles. The Morgan fingerprint density at radius 1 is 1.04 bits per heavy atom. The minimum Gasteiger partial charge on any atom is -0.497 e. The van der Waals surface area contributed by atoms with E-state index in [2.05, 4.69) is 21.7 Å². The number of methoxy groups -OCH3 is 1. The van der Waals surface area contributed by atoms with E-state index >= 15 is 0 Å². The molecule has 0 radical (unpaired) electrons. The van der Waals surface area contributed by atoms with E-state index in [0.717, 1.165) is 35.7 Å². The van der Waals surface area contributed by atoms with Crippen LogP contribution in [0.5, 0.6) is 5.75 Å². The molecule has 0 saturated carbocycles. The molecule has 0 unspecified atom stereocenters. The number of anilines is 2. The molecule has 0 atom stereocenters. The zero-order valence-electron chi connectivity index (χ0n) is 15.5. The maximum absolute atomic E-state index is 12.5. The number of aromatic nitrogens is 1. The summed E-state index contributed by atoms with van der Waals surface area (Å²) < 4.78 is 5.24. The van der Waals surface area contributed by atoms with Crippen molar-refractivity contribution in [3.63, 3.8) is 0 Å². The summed E-state index contributed by atoms with van der Waals surface area (Å²) in [5.74, 6) is 0.675. The molecule has 0 fully saturated rings. The number of benzene rings is 2. The number of hydrogen-bond donors (Lipinski definition) is 2. The molecular formula is C22H23N3O2. The Morgan fingerprint density at radius 2 is 1.89 bits per heavy atom. The zero-order valence-corrected chi connectivity index (χ0v) is 15.5. The highest BCUT2D eigenvalue weighted by atomic mass is 16.5. The van der Waals surface area contributed by atoms with Gasteiger partial charge in [-0.15, -0.1) is 0 Å². The van der Waals surface area contributed by atoms with Gasteiger partial charge < -0.3 is 15.4 Å². The largest absolute Gasteiger partial charge is 0.497 e. The van der Waals surface area contributed by atoms with Gasteiger partial charge in [0.15, 0.2) is 0 Å². The first-order valence-electron chi connectivity index (χ1n) is 8.84. The number of carbonyl (C=O) groups is 1. The molecule has 5 heteroatoms. The summed E-state index contributed by atoms with van der Waals surface area (Å²) in [4.78, 5) is 16.6. The highest BCUT2D eigenvalue weighted by molar-refractivity contribution is 6.04. The van der Waals surface area contributed by atoms with Crippen molar-refractivity contribution in [3.05, 3.63) is 83.7 Å². The van der Waals surface area contributed by atoms with Crippen molar-refractivity contribution in [1.82, 2.24) is 4.98 Å². The second-order valence-corrected chi connectivity index (χ2v) is 6.31. The number of nitrogens with zero attached hydrogens (tertiary/aromatic N) is 1. The summed E-state index contributed by atoms with van der Waals surface area (Å²) in [5, 5.41) is 6.22. The highest BCUT2D eigenvalue weighted by Gasteiger charge is 2.08. The molecule has 1 heterocycles. The van der Waals surface area contributed by atoms with Crippen LogP contribution in [0.2, 0.25) is 0 Å². The number of hydrogen-bond acceptors (Lipinski definition) is 4. The normalized spacial score (nSPS) is 10.3. The summed E-state index contributed by atoms with van der Waals surface area (Å²) in [6.45, 7) is 2.72. The van der Waals surface area contributed by atoms with E-state index in [4.69, 9.17) is 4.74 Å². The van der Waals surface area contributed by atoms with Gasteiger partial charge in [-0.25, -0.2) is 0 Å². The van der Waals surface area contributed by atoms with Crippen LogP contribution in [0.25, 0.3) is 0 Å². The van der Waals surface area contributed by atoms with Gasteiger partial charge in [-0.1, -0.05) is 24.3 Å². The maximum atomic E-state index is 12.5. The van der Waals surface area contributed by atoms with Gasteiger partial charge in [0.1, 0.15) is 5.75 Å². The van der Waals surface area contributed by atoms with Gasteiger partial charge in [-0.05, 0) is 54.8 Å². The molecule has 3 rings (SSSR count). The van der Waals surface area contributed by atoms with Crippen molar-refractivity contribution >= 4 is 17.3 Å². The van der Waals surface area contributed by atoms with E-state index in [-0.39, 0.29) is 5.91 Å². The number of amides is 1. The van der Waals surface area contributed by atoms with Crippen LogP contribution < -0.4 is 15.4 Å². The first-order valence-corrected chi connectivity index (χ1v) is 8.84. The number of pyridine rings is 1. The SMILES string of the molecule is COc1cccc(CCNc2cncc(C(=O)Nc3cccc(C)c3)c2)c1. The Kier molecular flexibility index (Phi) is 6.05. The number of rotatable bonds is 7. The van der Waals surface area contributed by atoms with Crippen molar-refractivity contribution in [2.24, 2.45) is 0 Å². The summed E-state index contributed by atoms with van der Waals surface area (Å²) in [6.07, 6.45) is 4.13. The number of carbonyl (C=O) groups excluding carboxylic acids is 1. The molecule has 0 spiro atoms. The molecule has 0 bridgehead atoms. The smallest absolute Gasteiger partial charge is 0.257 e. The van der Waals surface area contributed by atoms with E-state index in [0.29, 0.717) is 5.56 Å². The quantitative estimate of drug-likeness (QED) is 0.658. The molecule has 0 aliphatic heterocycles. The predicted octanol–water partition coefficient (Wildman–Crippen LogP) is 4.31. The molecule has 27 heavy (non-hydrogen) atoms. The van der Waals surface area contributed by atoms with Crippen LogP contribution in [0.3, 0.4) is 0 Å². The topological polar surface area (TPSA) is 63.2 Å². The van der Waals surface area contributed by atoms with E-state index in [1.807, 2.05) is 55.5 Å². The molecular weight excluding hydrogens is 338 g/mol. The standard InChI is InChI=1S/C22H23N3O2/c1-16-5-3-7-19(11-16)25-22(26)18-13-20(15-23-14-18)24-10-9-17-6-4-8-21(12-17)27-2/h3-8,11-15,24H,9-10H2,1-2H3,(H,25,26). The van der Waals surface area contributed by atoms with Crippen molar-refractivity contribution in [1.29, 1.82) is 0 Å². The summed E-state index contributed by atoms with van der Waals surface area (Å²) in [5.41, 5.74) is 4.39. The predicted molar refractivity (Wildman–Crippen MR) is 109 cm³/mol. The lowest BCUT2D eigenvalue weighted by atomic mass is 10.1. The third-order valence-electron chi connectivity index (χ3n) is 4.15. The molecule has 3 aromatic rings. The fraction of sp³-hybridized carbons (Fsp3) is 0.182. The Bertz CT molecular complexity index is 925. The lowest BCUT2D eigenvalue weighted by Crippen LogP contribution is -2.13. The van der Waals surface area contributed by atoms with Gasteiger partial charge in [0.05, 0.1) is 18.4 Å². The maximum Gasteiger partial charge on any atom is 0.257 e. The van der Waals surface area contributed by atoms with Gasteiger partial charge in [-0.3, -0.25) is 9.78 Å². The van der Waals surface area contributed by atoms with E-state index in [1.165, 1.54) is 5.56 Å². The summed E-state index contributed by atoms with van der Waals surface area (Å²) >= 11 is 0. The molecule has 2 N–H and O–H groups in total. The van der Waals surface area contributed by atoms with Gasteiger partial charge in [0.25, 0.3) is 5.91 Å².